The van der Waals surface area contributed by atoms with Gasteiger partial charge in [0, 0.05) is 36.7 Å². The molecule has 3 aromatic rings. The second kappa shape index (κ2) is 9.80. The number of nitro benzene ring substituents is 1. The summed E-state index contributed by atoms with van der Waals surface area (Å²) < 4.78 is 0.431. The number of nitrogens with one attached hydrogen (secondary N) is 2. The second-order valence-corrected chi connectivity index (χ2v) is 7.42. The maximum atomic E-state index is 11.1. The van der Waals surface area contributed by atoms with Crippen molar-refractivity contribution in [1.29, 1.82) is 0 Å². The van der Waals surface area contributed by atoms with E-state index >= 15 is 0 Å². The smallest absolute Gasteiger partial charge is 0.312 e. The van der Waals surface area contributed by atoms with E-state index in [-0.39, 0.29) is 11.5 Å². The number of anilines is 3. The van der Waals surface area contributed by atoms with Crippen LogP contribution in [0.5, 0.6) is 5.75 Å². The SMILES string of the molecule is CN(C)c1nc(NCc2ccccc2)nc(N/N=C\c2cc(Br)cc([N+](=O)[O-])c2O)n1. The monoisotopic (exact) mass is 486 g/mol. The molecule has 0 radical (unpaired) electrons. The van der Waals surface area contributed by atoms with Crippen LogP contribution in [0.3, 0.4) is 0 Å². The van der Waals surface area contributed by atoms with Crippen molar-refractivity contribution >= 4 is 45.7 Å². The highest BCUT2D eigenvalue weighted by Gasteiger charge is 2.17. The zero-order chi connectivity index (χ0) is 22.4. The van der Waals surface area contributed by atoms with Crippen molar-refractivity contribution in [2.75, 3.05) is 29.7 Å². The molecule has 2 aromatic carbocycles. The van der Waals surface area contributed by atoms with Crippen LogP contribution in [0, 0.1) is 10.1 Å². The molecular weight excluding hydrogens is 468 g/mol. The first-order chi connectivity index (χ1) is 14.8. The van der Waals surface area contributed by atoms with Crippen LogP contribution in [-0.2, 0) is 6.54 Å². The molecule has 160 valence electrons. The Hall–Kier alpha value is -3.80. The summed E-state index contributed by atoms with van der Waals surface area (Å²) in [5.74, 6) is 0.425. The number of hydrogen-bond donors (Lipinski definition) is 3. The number of hydrogen-bond acceptors (Lipinski definition) is 10. The molecule has 0 saturated heterocycles. The first-order valence-corrected chi connectivity index (χ1v) is 9.80. The topological polar surface area (TPSA) is 142 Å². The van der Waals surface area contributed by atoms with Gasteiger partial charge in [-0.1, -0.05) is 46.3 Å². The Morgan fingerprint density at radius 1 is 1.19 bits per heavy atom. The number of phenols is 1. The predicted octanol–water partition coefficient (Wildman–Crippen LogP) is 3.37. The third kappa shape index (κ3) is 5.85. The lowest BCUT2D eigenvalue weighted by molar-refractivity contribution is -0.385. The van der Waals surface area contributed by atoms with E-state index in [2.05, 4.69) is 46.7 Å². The molecule has 11 nitrogen and oxygen atoms in total. The fourth-order valence-electron chi connectivity index (χ4n) is 2.47. The zero-order valence-electron chi connectivity index (χ0n) is 16.7. The van der Waals surface area contributed by atoms with Gasteiger partial charge in [-0.3, -0.25) is 10.1 Å². The molecule has 0 aliphatic heterocycles. The molecule has 3 rings (SSSR count). The van der Waals surface area contributed by atoms with Crippen LogP contribution < -0.4 is 15.6 Å². The lowest BCUT2D eigenvalue weighted by Crippen LogP contribution is -2.16. The van der Waals surface area contributed by atoms with E-state index in [1.807, 2.05) is 30.3 Å². The van der Waals surface area contributed by atoms with Gasteiger partial charge in [-0.05, 0) is 11.6 Å². The van der Waals surface area contributed by atoms with E-state index in [1.54, 1.807) is 19.0 Å². The number of benzene rings is 2. The van der Waals surface area contributed by atoms with E-state index < -0.39 is 16.4 Å². The fourth-order valence-corrected chi connectivity index (χ4v) is 2.94. The van der Waals surface area contributed by atoms with Crippen molar-refractivity contribution in [1.82, 2.24) is 15.0 Å². The molecule has 0 fully saturated rings. The molecule has 0 aliphatic rings. The lowest BCUT2D eigenvalue weighted by atomic mass is 10.2. The summed E-state index contributed by atoms with van der Waals surface area (Å²) in [5.41, 5.74) is 3.45. The predicted molar refractivity (Wildman–Crippen MR) is 122 cm³/mol. The van der Waals surface area contributed by atoms with Gasteiger partial charge in [0.1, 0.15) is 0 Å². The van der Waals surface area contributed by atoms with E-state index in [0.29, 0.717) is 22.9 Å². The maximum absolute atomic E-state index is 11.1. The van der Waals surface area contributed by atoms with Crippen molar-refractivity contribution in [3.63, 3.8) is 0 Å². The number of rotatable bonds is 8. The summed E-state index contributed by atoms with van der Waals surface area (Å²) >= 11 is 3.18. The minimum Gasteiger partial charge on any atom is -0.502 e. The van der Waals surface area contributed by atoms with Crippen molar-refractivity contribution in [3.05, 3.63) is 68.2 Å². The molecule has 1 heterocycles. The number of nitrogens with zero attached hydrogens (tertiary/aromatic N) is 6. The number of halogens is 1. The molecule has 0 atom stereocenters. The molecule has 3 N–H and O–H groups in total. The Bertz CT molecular complexity index is 1110. The van der Waals surface area contributed by atoms with Crippen LogP contribution in [0.15, 0.2) is 52.0 Å². The van der Waals surface area contributed by atoms with Crippen LogP contribution in [0.1, 0.15) is 11.1 Å². The van der Waals surface area contributed by atoms with E-state index in [4.69, 9.17) is 0 Å². The Labute approximate surface area is 186 Å². The van der Waals surface area contributed by atoms with Gasteiger partial charge in [0.05, 0.1) is 11.1 Å². The highest BCUT2D eigenvalue weighted by atomic mass is 79.9. The third-order valence-electron chi connectivity index (χ3n) is 3.97. The molecule has 0 bridgehead atoms. The summed E-state index contributed by atoms with van der Waals surface area (Å²) in [6, 6.07) is 12.5. The Morgan fingerprint density at radius 3 is 2.58 bits per heavy atom. The van der Waals surface area contributed by atoms with Crippen molar-refractivity contribution in [2.45, 2.75) is 6.54 Å². The standard InChI is InChI=1S/C19H19BrN8O3/c1-27(2)19-24-17(21-10-12-6-4-3-5-7-12)23-18(25-19)26-22-11-13-8-14(20)9-15(16(13)29)28(30)31/h3-9,11,29H,10H2,1-2H3,(H2,21,23,24,25,26)/b22-11-. The van der Waals surface area contributed by atoms with E-state index in [1.165, 1.54) is 18.3 Å². The Kier molecular flexibility index (Phi) is 6.92. The van der Waals surface area contributed by atoms with E-state index in [9.17, 15) is 15.2 Å². The van der Waals surface area contributed by atoms with Crippen LogP contribution in [0.4, 0.5) is 23.5 Å². The summed E-state index contributed by atoms with van der Waals surface area (Å²) in [6.07, 6.45) is 1.24. The van der Waals surface area contributed by atoms with Gasteiger partial charge in [0.2, 0.25) is 23.6 Å². The highest BCUT2D eigenvalue weighted by molar-refractivity contribution is 9.10. The average Bonchev–Trinajstić information content (AvgIpc) is 2.75. The fraction of sp³-hybridized carbons (Fsp3) is 0.158. The van der Waals surface area contributed by atoms with Crippen LogP contribution in [0.2, 0.25) is 0 Å². The van der Waals surface area contributed by atoms with Crippen LogP contribution in [-0.4, -0.2) is 45.3 Å². The molecule has 0 saturated carbocycles. The minimum absolute atomic E-state index is 0.151. The first-order valence-electron chi connectivity index (χ1n) is 9.00. The van der Waals surface area contributed by atoms with Gasteiger partial charge in [-0.2, -0.15) is 20.1 Å². The molecule has 0 amide bonds. The molecule has 12 heteroatoms. The molecule has 31 heavy (non-hydrogen) atoms. The molecule has 0 spiro atoms. The van der Waals surface area contributed by atoms with E-state index in [0.717, 1.165) is 5.56 Å². The number of aromatic hydroxyl groups is 1. The van der Waals surface area contributed by atoms with Gasteiger partial charge in [-0.25, -0.2) is 5.43 Å². The number of phenolic OH excluding ortho intramolecular Hbond substituents is 1. The number of aromatic nitrogens is 3. The maximum Gasteiger partial charge on any atom is 0.312 e. The Balaban J connectivity index is 1.79. The van der Waals surface area contributed by atoms with Gasteiger partial charge in [0.15, 0.2) is 0 Å². The first kappa shape index (κ1) is 21.9. The number of nitro groups is 1. The van der Waals surface area contributed by atoms with Crippen molar-refractivity contribution in [3.8, 4) is 5.75 Å². The average molecular weight is 487 g/mol. The normalized spacial score (nSPS) is 10.8. The second-order valence-electron chi connectivity index (χ2n) is 6.51. The molecule has 1 aromatic heterocycles. The van der Waals surface area contributed by atoms with Gasteiger partial charge >= 0.3 is 5.69 Å². The molecule has 0 unspecified atom stereocenters. The largest absolute Gasteiger partial charge is 0.502 e. The van der Waals surface area contributed by atoms with Crippen LogP contribution in [0.25, 0.3) is 0 Å². The molecule has 0 aliphatic carbocycles. The lowest BCUT2D eigenvalue weighted by Gasteiger charge is -2.13. The Morgan fingerprint density at radius 2 is 1.90 bits per heavy atom. The molecular formula is C19H19BrN8O3. The quantitative estimate of drug-likeness (QED) is 0.248. The van der Waals surface area contributed by atoms with Crippen LogP contribution >= 0.6 is 15.9 Å². The van der Waals surface area contributed by atoms with Crippen molar-refractivity contribution < 1.29 is 10.0 Å². The van der Waals surface area contributed by atoms with Crippen molar-refractivity contribution in [2.24, 2.45) is 5.10 Å². The summed E-state index contributed by atoms with van der Waals surface area (Å²) in [4.78, 5) is 25.0. The van der Waals surface area contributed by atoms with Gasteiger partial charge in [-0.15, -0.1) is 0 Å². The number of hydrazone groups is 1. The third-order valence-corrected chi connectivity index (χ3v) is 4.42. The van der Waals surface area contributed by atoms with Gasteiger partial charge in [0.25, 0.3) is 0 Å². The van der Waals surface area contributed by atoms with Gasteiger partial charge < -0.3 is 15.3 Å². The minimum atomic E-state index is -0.676. The summed E-state index contributed by atoms with van der Waals surface area (Å²) in [5, 5.41) is 28.3. The summed E-state index contributed by atoms with van der Waals surface area (Å²) in [7, 11) is 3.59. The zero-order valence-corrected chi connectivity index (χ0v) is 18.2. The summed E-state index contributed by atoms with van der Waals surface area (Å²) in [6.45, 7) is 0.524. The highest BCUT2D eigenvalue weighted by Crippen LogP contribution is 2.32.